The molecule has 0 bridgehead atoms. The number of rotatable bonds is 2. The van der Waals surface area contributed by atoms with Gasteiger partial charge in [-0.25, -0.2) is 14.6 Å². The molecule has 2 N–H and O–H groups in total. The van der Waals surface area contributed by atoms with Gasteiger partial charge in [0.05, 0.1) is 31.4 Å². The van der Waals surface area contributed by atoms with Crippen LogP contribution in [0.1, 0.15) is 17.0 Å². The SMILES string of the molecule is COC(=O)C1Cc2nc[nH]c2CN1C(=O)Nc1cccc(C)c1. The molecule has 1 aliphatic rings. The van der Waals surface area contributed by atoms with E-state index in [-0.39, 0.29) is 12.6 Å². The Morgan fingerprint density at radius 1 is 1.43 bits per heavy atom. The molecular weight excluding hydrogens is 296 g/mol. The third-order valence-corrected chi connectivity index (χ3v) is 3.90. The fraction of sp³-hybridized carbons (Fsp3) is 0.312. The molecule has 7 nitrogen and oxygen atoms in total. The Morgan fingerprint density at radius 3 is 3.00 bits per heavy atom. The van der Waals surface area contributed by atoms with Crippen LogP contribution in [-0.2, 0) is 22.5 Å². The van der Waals surface area contributed by atoms with E-state index >= 15 is 0 Å². The number of esters is 1. The number of benzene rings is 1. The number of amides is 2. The lowest BCUT2D eigenvalue weighted by Gasteiger charge is -2.33. The molecule has 0 spiro atoms. The van der Waals surface area contributed by atoms with Crippen molar-refractivity contribution in [1.82, 2.24) is 14.9 Å². The zero-order valence-electron chi connectivity index (χ0n) is 13.0. The summed E-state index contributed by atoms with van der Waals surface area (Å²) >= 11 is 0. The molecule has 2 amide bonds. The van der Waals surface area contributed by atoms with Crippen molar-refractivity contribution in [3.05, 3.63) is 47.5 Å². The number of fused-ring (bicyclic) bond motifs is 1. The van der Waals surface area contributed by atoms with Gasteiger partial charge in [-0.05, 0) is 24.6 Å². The minimum atomic E-state index is -0.680. The Bertz CT molecular complexity index is 740. The van der Waals surface area contributed by atoms with Gasteiger partial charge in [-0.1, -0.05) is 12.1 Å². The second-order valence-electron chi connectivity index (χ2n) is 5.50. The first-order chi connectivity index (χ1) is 11.1. The van der Waals surface area contributed by atoms with Gasteiger partial charge in [-0.15, -0.1) is 0 Å². The Balaban J connectivity index is 1.83. The van der Waals surface area contributed by atoms with Gasteiger partial charge < -0.3 is 19.9 Å². The number of nitrogens with one attached hydrogen (secondary N) is 2. The summed E-state index contributed by atoms with van der Waals surface area (Å²) in [6.45, 7) is 2.23. The monoisotopic (exact) mass is 314 g/mol. The van der Waals surface area contributed by atoms with Crippen LogP contribution < -0.4 is 5.32 Å². The molecule has 120 valence electrons. The van der Waals surface area contributed by atoms with Crippen molar-refractivity contribution in [2.45, 2.75) is 25.9 Å². The number of H-pyrrole nitrogens is 1. The second-order valence-corrected chi connectivity index (χ2v) is 5.50. The van der Waals surface area contributed by atoms with Crippen LogP contribution in [0.25, 0.3) is 0 Å². The Hall–Kier alpha value is -2.83. The normalized spacial score (nSPS) is 16.6. The highest BCUT2D eigenvalue weighted by molar-refractivity contribution is 5.93. The van der Waals surface area contributed by atoms with Crippen molar-refractivity contribution in [1.29, 1.82) is 0 Å². The van der Waals surface area contributed by atoms with Crippen molar-refractivity contribution in [3.8, 4) is 0 Å². The number of methoxy groups -OCH3 is 1. The van der Waals surface area contributed by atoms with Crippen LogP contribution in [0.15, 0.2) is 30.6 Å². The van der Waals surface area contributed by atoms with E-state index in [1.807, 2.05) is 31.2 Å². The summed E-state index contributed by atoms with van der Waals surface area (Å²) < 4.78 is 4.83. The number of aromatic amines is 1. The Labute approximate surface area is 133 Å². The second kappa shape index (κ2) is 6.12. The van der Waals surface area contributed by atoms with Crippen molar-refractivity contribution in [2.24, 2.45) is 0 Å². The average molecular weight is 314 g/mol. The smallest absolute Gasteiger partial charge is 0.329 e. The van der Waals surface area contributed by atoms with Crippen LogP contribution in [0.2, 0.25) is 0 Å². The average Bonchev–Trinajstić information content (AvgIpc) is 3.00. The maximum atomic E-state index is 12.6. The number of urea groups is 1. The van der Waals surface area contributed by atoms with Crippen LogP contribution in [-0.4, -0.2) is 40.0 Å². The summed E-state index contributed by atoms with van der Waals surface area (Å²) in [5.74, 6) is -0.446. The van der Waals surface area contributed by atoms with Crippen molar-refractivity contribution < 1.29 is 14.3 Å². The van der Waals surface area contributed by atoms with Crippen molar-refractivity contribution in [3.63, 3.8) is 0 Å². The van der Waals surface area contributed by atoms with Gasteiger partial charge >= 0.3 is 12.0 Å². The predicted octanol–water partition coefficient (Wildman–Crippen LogP) is 1.85. The molecule has 1 atom stereocenters. The standard InChI is InChI=1S/C16H18N4O3/c1-10-4-3-5-11(6-10)19-16(22)20-8-13-12(17-9-18-13)7-14(20)15(21)23-2/h3-6,9,14H,7-8H2,1-2H3,(H,17,18)(H,19,22). The summed E-state index contributed by atoms with van der Waals surface area (Å²) in [6, 6.07) is 6.48. The predicted molar refractivity (Wildman–Crippen MR) is 83.8 cm³/mol. The van der Waals surface area contributed by atoms with Gasteiger partial charge in [-0.3, -0.25) is 0 Å². The highest BCUT2D eigenvalue weighted by Crippen LogP contribution is 2.22. The summed E-state index contributed by atoms with van der Waals surface area (Å²) in [5, 5.41) is 2.83. The fourth-order valence-electron chi connectivity index (χ4n) is 2.71. The number of aromatic nitrogens is 2. The fourth-order valence-corrected chi connectivity index (χ4v) is 2.71. The Morgan fingerprint density at radius 2 is 2.26 bits per heavy atom. The van der Waals surface area contributed by atoms with Gasteiger partial charge in [-0.2, -0.15) is 0 Å². The number of anilines is 1. The van der Waals surface area contributed by atoms with E-state index < -0.39 is 12.0 Å². The number of hydrogen-bond donors (Lipinski definition) is 2. The number of carbonyl (C=O) groups excluding carboxylic acids is 2. The highest BCUT2D eigenvalue weighted by atomic mass is 16.5. The first-order valence-corrected chi connectivity index (χ1v) is 7.31. The lowest BCUT2D eigenvalue weighted by atomic mass is 10.0. The Kier molecular flexibility index (Phi) is 4.01. The van der Waals surface area contributed by atoms with Gasteiger partial charge in [0, 0.05) is 12.1 Å². The molecule has 3 rings (SSSR count). The van der Waals surface area contributed by atoms with E-state index in [4.69, 9.17) is 4.74 Å². The van der Waals surface area contributed by atoms with Gasteiger partial charge in [0.15, 0.2) is 0 Å². The zero-order chi connectivity index (χ0) is 16.4. The number of hydrogen-bond acceptors (Lipinski definition) is 4. The highest BCUT2D eigenvalue weighted by Gasteiger charge is 2.36. The first-order valence-electron chi connectivity index (χ1n) is 7.31. The molecule has 1 aromatic heterocycles. The van der Waals surface area contributed by atoms with Crippen molar-refractivity contribution >= 4 is 17.7 Å². The molecule has 1 aromatic carbocycles. The van der Waals surface area contributed by atoms with Crippen LogP contribution in [0.5, 0.6) is 0 Å². The molecule has 23 heavy (non-hydrogen) atoms. The number of ether oxygens (including phenoxy) is 1. The van der Waals surface area contributed by atoms with E-state index in [1.54, 1.807) is 6.33 Å². The number of carbonyl (C=O) groups is 2. The molecule has 0 saturated heterocycles. The largest absolute Gasteiger partial charge is 0.467 e. The molecule has 2 aromatic rings. The van der Waals surface area contributed by atoms with Gasteiger partial charge in [0.1, 0.15) is 6.04 Å². The van der Waals surface area contributed by atoms with E-state index in [0.29, 0.717) is 12.1 Å². The summed E-state index contributed by atoms with van der Waals surface area (Å²) in [5.41, 5.74) is 3.36. The quantitative estimate of drug-likeness (QED) is 0.828. The van der Waals surface area contributed by atoms with E-state index in [0.717, 1.165) is 17.0 Å². The summed E-state index contributed by atoms with van der Waals surface area (Å²) in [4.78, 5) is 33.3. The third-order valence-electron chi connectivity index (χ3n) is 3.90. The van der Waals surface area contributed by atoms with Gasteiger partial charge in [0.2, 0.25) is 0 Å². The number of imidazole rings is 1. The first kappa shape index (κ1) is 15.1. The summed E-state index contributed by atoms with van der Waals surface area (Å²) in [6.07, 6.45) is 1.91. The lowest BCUT2D eigenvalue weighted by molar-refractivity contribution is -0.146. The molecule has 0 radical (unpaired) electrons. The van der Waals surface area contributed by atoms with E-state index in [2.05, 4.69) is 15.3 Å². The number of aryl methyl sites for hydroxylation is 1. The van der Waals surface area contributed by atoms with Crippen LogP contribution in [0.4, 0.5) is 10.5 Å². The third kappa shape index (κ3) is 3.03. The van der Waals surface area contributed by atoms with Crippen LogP contribution >= 0.6 is 0 Å². The lowest BCUT2D eigenvalue weighted by Crippen LogP contribution is -2.50. The molecule has 7 heteroatoms. The molecule has 0 fully saturated rings. The van der Waals surface area contributed by atoms with Crippen LogP contribution in [0, 0.1) is 6.92 Å². The van der Waals surface area contributed by atoms with Crippen molar-refractivity contribution in [2.75, 3.05) is 12.4 Å². The number of nitrogens with zero attached hydrogens (tertiary/aromatic N) is 2. The maximum absolute atomic E-state index is 12.6. The molecule has 1 aliphatic heterocycles. The molecule has 0 aliphatic carbocycles. The van der Waals surface area contributed by atoms with E-state index in [9.17, 15) is 9.59 Å². The topological polar surface area (TPSA) is 87.3 Å². The molecule has 0 saturated carbocycles. The molecule has 2 heterocycles. The minimum Gasteiger partial charge on any atom is -0.467 e. The van der Waals surface area contributed by atoms with E-state index in [1.165, 1.54) is 12.0 Å². The maximum Gasteiger partial charge on any atom is 0.329 e. The van der Waals surface area contributed by atoms with Gasteiger partial charge in [0.25, 0.3) is 0 Å². The molecular formula is C16H18N4O3. The minimum absolute atomic E-state index is 0.284. The molecule has 1 unspecified atom stereocenters. The van der Waals surface area contributed by atoms with Crippen LogP contribution in [0.3, 0.4) is 0 Å². The zero-order valence-corrected chi connectivity index (χ0v) is 13.0. The summed E-state index contributed by atoms with van der Waals surface area (Å²) in [7, 11) is 1.32.